The van der Waals surface area contributed by atoms with Crippen LogP contribution in [0.25, 0.3) is 0 Å². The molecular formula is C16H21NOSi. The van der Waals surface area contributed by atoms with Gasteiger partial charge in [0.25, 0.3) is 0 Å². The van der Waals surface area contributed by atoms with E-state index in [4.69, 9.17) is 5.73 Å². The van der Waals surface area contributed by atoms with Crippen LogP contribution in [-0.4, -0.2) is 25.8 Å². The van der Waals surface area contributed by atoms with Crippen LogP contribution in [0.5, 0.6) is 0 Å². The van der Waals surface area contributed by atoms with Crippen LogP contribution in [0.4, 0.5) is 0 Å². The van der Waals surface area contributed by atoms with Crippen LogP contribution in [-0.2, 0) is 0 Å². The molecule has 0 amide bonds. The van der Waals surface area contributed by atoms with Crippen LogP contribution in [0.2, 0.25) is 12.6 Å². The van der Waals surface area contributed by atoms with Crippen LogP contribution < -0.4 is 16.1 Å². The van der Waals surface area contributed by atoms with Crippen molar-refractivity contribution in [2.24, 2.45) is 5.73 Å². The van der Waals surface area contributed by atoms with Crippen molar-refractivity contribution < 1.29 is 5.11 Å². The molecule has 0 spiro atoms. The lowest BCUT2D eigenvalue weighted by Gasteiger charge is -2.30. The Hall–Kier alpha value is -1.42. The molecule has 100 valence electrons. The van der Waals surface area contributed by atoms with Gasteiger partial charge in [-0.15, -0.1) is 0 Å². The highest BCUT2D eigenvalue weighted by atomic mass is 28.3. The Bertz CT molecular complexity index is 461. The summed E-state index contributed by atoms with van der Waals surface area (Å²) >= 11 is 0. The minimum Gasteiger partial charge on any atom is -0.392 e. The molecule has 3 N–H and O–H groups in total. The predicted molar refractivity (Wildman–Crippen MR) is 83.6 cm³/mol. The molecule has 0 bridgehead atoms. The number of nitrogens with two attached hydrogens (primary N) is 1. The molecule has 2 aromatic rings. The third kappa shape index (κ3) is 3.12. The summed E-state index contributed by atoms with van der Waals surface area (Å²) in [5.74, 6) is 0. The van der Waals surface area contributed by atoms with Crippen molar-refractivity contribution in [1.29, 1.82) is 0 Å². The van der Waals surface area contributed by atoms with E-state index in [0.717, 1.165) is 6.04 Å². The predicted octanol–water partition coefficient (Wildman–Crippen LogP) is 1.20. The van der Waals surface area contributed by atoms with Gasteiger partial charge in [0, 0.05) is 6.54 Å². The zero-order chi connectivity index (χ0) is 13.7. The lowest BCUT2D eigenvalue weighted by Crippen LogP contribution is -2.57. The van der Waals surface area contributed by atoms with Crippen molar-refractivity contribution in [2.45, 2.75) is 18.7 Å². The molecule has 2 aromatic carbocycles. The van der Waals surface area contributed by atoms with Crippen molar-refractivity contribution >= 4 is 18.4 Å². The first-order valence-corrected chi connectivity index (χ1v) is 9.36. The second-order valence-corrected chi connectivity index (χ2v) is 9.38. The Morgan fingerprint density at radius 2 is 1.37 bits per heavy atom. The summed E-state index contributed by atoms with van der Waals surface area (Å²) in [4.78, 5) is 0. The van der Waals surface area contributed by atoms with Gasteiger partial charge in [-0.05, 0) is 6.04 Å². The molecule has 0 aliphatic carbocycles. The van der Waals surface area contributed by atoms with E-state index in [9.17, 15) is 5.11 Å². The van der Waals surface area contributed by atoms with E-state index in [1.807, 2.05) is 12.1 Å². The fourth-order valence-electron chi connectivity index (χ4n) is 2.57. The second-order valence-electron chi connectivity index (χ2n) is 5.16. The summed E-state index contributed by atoms with van der Waals surface area (Å²) in [6.45, 7) is 2.62. The van der Waals surface area contributed by atoms with E-state index in [1.54, 1.807) is 0 Å². The van der Waals surface area contributed by atoms with E-state index < -0.39 is 14.2 Å². The van der Waals surface area contributed by atoms with Crippen molar-refractivity contribution in [1.82, 2.24) is 0 Å². The molecule has 0 saturated carbocycles. The second kappa shape index (κ2) is 6.15. The van der Waals surface area contributed by atoms with Crippen molar-refractivity contribution in [3.8, 4) is 0 Å². The van der Waals surface area contributed by atoms with Gasteiger partial charge < -0.3 is 10.8 Å². The highest BCUT2D eigenvalue weighted by Crippen LogP contribution is 2.13. The van der Waals surface area contributed by atoms with Crippen LogP contribution in [0.15, 0.2) is 60.7 Å². The average Bonchev–Trinajstić information content (AvgIpc) is 2.48. The third-order valence-corrected chi connectivity index (χ3v) is 8.24. The Balaban J connectivity index is 2.44. The van der Waals surface area contributed by atoms with Crippen molar-refractivity contribution in [3.63, 3.8) is 0 Å². The maximum atomic E-state index is 10.0. The van der Waals surface area contributed by atoms with Crippen LogP contribution in [0.1, 0.15) is 0 Å². The summed E-state index contributed by atoms with van der Waals surface area (Å²) in [6, 6.07) is 21.8. The maximum absolute atomic E-state index is 10.0. The summed E-state index contributed by atoms with van der Waals surface area (Å²) < 4.78 is 0. The Labute approximate surface area is 115 Å². The molecule has 0 fully saturated rings. The Morgan fingerprint density at radius 3 is 1.74 bits per heavy atom. The first kappa shape index (κ1) is 14.0. The standard InChI is InChI=1S/C16H21NOSi/c1-19(13-14(18)12-17,15-8-4-2-5-9-15)16-10-6-3-7-11-16/h2-11,14,18H,12-13,17H2,1H3. The van der Waals surface area contributed by atoms with E-state index in [0.29, 0.717) is 6.54 Å². The quantitative estimate of drug-likeness (QED) is 0.803. The van der Waals surface area contributed by atoms with E-state index in [2.05, 4.69) is 55.1 Å². The van der Waals surface area contributed by atoms with Crippen LogP contribution >= 0.6 is 0 Å². The molecule has 0 saturated heterocycles. The zero-order valence-corrected chi connectivity index (χ0v) is 12.3. The lowest BCUT2D eigenvalue weighted by molar-refractivity contribution is 0.202. The van der Waals surface area contributed by atoms with E-state index >= 15 is 0 Å². The molecule has 3 heteroatoms. The number of aliphatic hydroxyl groups excluding tert-OH is 1. The van der Waals surface area contributed by atoms with E-state index in [-0.39, 0.29) is 0 Å². The number of rotatable bonds is 5. The van der Waals surface area contributed by atoms with Crippen LogP contribution in [0, 0.1) is 0 Å². The van der Waals surface area contributed by atoms with Crippen LogP contribution in [0.3, 0.4) is 0 Å². The number of hydrogen-bond acceptors (Lipinski definition) is 2. The summed E-state index contributed by atoms with van der Waals surface area (Å²) in [5.41, 5.74) is 5.61. The lowest BCUT2D eigenvalue weighted by atomic mass is 10.4. The molecule has 19 heavy (non-hydrogen) atoms. The maximum Gasteiger partial charge on any atom is 0.117 e. The molecule has 1 unspecified atom stereocenters. The minimum absolute atomic E-state index is 0.322. The third-order valence-electron chi connectivity index (χ3n) is 3.74. The highest BCUT2D eigenvalue weighted by Gasteiger charge is 2.33. The fourth-order valence-corrected chi connectivity index (χ4v) is 6.34. The molecule has 0 aliphatic heterocycles. The van der Waals surface area contributed by atoms with Gasteiger partial charge >= 0.3 is 0 Å². The Morgan fingerprint density at radius 1 is 0.947 bits per heavy atom. The topological polar surface area (TPSA) is 46.2 Å². The van der Waals surface area contributed by atoms with Gasteiger partial charge in [0.1, 0.15) is 8.07 Å². The van der Waals surface area contributed by atoms with Gasteiger partial charge in [0.2, 0.25) is 0 Å². The molecule has 0 heterocycles. The molecule has 1 atom stereocenters. The largest absolute Gasteiger partial charge is 0.392 e. The Kier molecular flexibility index (Phi) is 4.53. The zero-order valence-electron chi connectivity index (χ0n) is 11.3. The number of hydrogen-bond donors (Lipinski definition) is 2. The monoisotopic (exact) mass is 271 g/mol. The van der Waals surface area contributed by atoms with Gasteiger partial charge in [-0.2, -0.15) is 0 Å². The van der Waals surface area contributed by atoms with E-state index in [1.165, 1.54) is 10.4 Å². The smallest absolute Gasteiger partial charge is 0.117 e. The van der Waals surface area contributed by atoms with Crippen molar-refractivity contribution in [3.05, 3.63) is 60.7 Å². The van der Waals surface area contributed by atoms with Gasteiger partial charge in [0.15, 0.2) is 0 Å². The molecule has 0 aromatic heterocycles. The normalized spacial score (nSPS) is 13.2. The molecule has 2 rings (SSSR count). The van der Waals surface area contributed by atoms with Gasteiger partial charge in [0.05, 0.1) is 6.10 Å². The molecule has 2 nitrogen and oxygen atoms in total. The average molecular weight is 271 g/mol. The minimum atomic E-state index is -1.92. The van der Waals surface area contributed by atoms with Gasteiger partial charge in [-0.3, -0.25) is 0 Å². The highest BCUT2D eigenvalue weighted by molar-refractivity contribution is 7.01. The molecule has 0 radical (unpaired) electrons. The molecule has 0 aliphatic rings. The summed E-state index contributed by atoms with van der Waals surface area (Å²) in [7, 11) is -1.92. The first-order chi connectivity index (χ1) is 9.16. The SMILES string of the molecule is C[Si](CC(O)CN)(c1ccccc1)c1ccccc1. The van der Waals surface area contributed by atoms with Crippen molar-refractivity contribution in [2.75, 3.05) is 6.54 Å². The molecular weight excluding hydrogens is 250 g/mol. The fraction of sp³-hybridized carbons (Fsp3) is 0.250. The number of benzene rings is 2. The van der Waals surface area contributed by atoms with Gasteiger partial charge in [-0.1, -0.05) is 77.6 Å². The first-order valence-electron chi connectivity index (χ1n) is 6.66. The van der Waals surface area contributed by atoms with Gasteiger partial charge in [-0.25, -0.2) is 0 Å². The summed E-state index contributed by atoms with van der Waals surface area (Å²) in [5, 5.41) is 12.7. The number of aliphatic hydroxyl groups is 1. The summed E-state index contributed by atoms with van der Waals surface area (Å²) in [6.07, 6.45) is -0.433.